The van der Waals surface area contributed by atoms with E-state index in [0.717, 1.165) is 0 Å². The molecule has 15 heavy (non-hydrogen) atoms. The fourth-order valence-corrected chi connectivity index (χ4v) is 1.81. The maximum atomic E-state index is 11.1. The molecule has 7 heteroatoms. The summed E-state index contributed by atoms with van der Waals surface area (Å²) < 4.78 is 11.1. The second kappa shape index (κ2) is 6.25. The van der Waals surface area contributed by atoms with E-state index in [4.69, 9.17) is 23.2 Å². The highest BCUT2D eigenvalue weighted by Gasteiger charge is 2.03. The van der Waals surface area contributed by atoms with Gasteiger partial charge in [-0.1, -0.05) is 18.5 Å². The van der Waals surface area contributed by atoms with Crippen LogP contribution in [-0.2, 0) is 10.8 Å². The number of halogens is 2. The Hall–Kier alpha value is -0.390. The van der Waals surface area contributed by atoms with Crippen molar-refractivity contribution in [2.45, 2.75) is 6.92 Å². The lowest BCUT2D eigenvalue weighted by atomic mass is 10.5. The molecule has 0 fully saturated rings. The van der Waals surface area contributed by atoms with E-state index in [1.165, 1.54) is 6.20 Å². The molecule has 1 rings (SSSR count). The van der Waals surface area contributed by atoms with E-state index < -0.39 is 10.8 Å². The number of nitrogens with zero attached hydrogens (tertiary/aromatic N) is 2. The first-order valence-electron chi connectivity index (χ1n) is 4.40. The van der Waals surface area contributed by atoms with Crippen molar-refractivity contribution in [3.05, 3.63) is 16.5 Å². The number of anilines is 1. The molecule has 0 spiro atoms. The van der Waals surface area contributed by atoms with Crippen molar-refractivity contribution in [2.75, 3.05) is 23.4 Å². The Balaban J connectivity index is 2.50. The third-order valence-corrected chi connectivity index (χ3v) is 3.42. The van der Waals surface area contributed by atoms with Gasteiger partial charge in [-0.25, -0.2) is 4.98 Å². The third-order valence-electron chi connectivity index (χ3n) is 1.66. The summed E-state index contributed by atoms with van der Waals surface area (Å²) in [6.07, 6.45) is 1.43. The smallest absolute Gasteiger partial charge is 0.224 e. The van der Waals surface area contributed by atoms with Crippen molar-refractivity contribution in [3.63, 3.8) is 0 Å². The molecule has 1 aromatic heterocycles. The molecule has 1 atom stereocenters. The maximum Gasteiger partial charge on any atom is 0.224 e. The van der Waals surface area contributed by atoms with Gasteiger partial charge >= 0.3 is 0 Å². The molecule has 0 saturated heterocycles. The maximum absolute atomic E-state index is 11.1. The van der Waals surface area contributed by atoms with Gasteiger partial charge in [-0.15, -0.1) is 0 Å². The molecule has 0 saturated carbocycles. The van der Waals surface area contributed by atoms with Crippen LogP contribution in [0.25, 0.3) is 0 Å². The fraction of sp³-hybridized carbons (Fsp3) is 0.500. The standard InChI is InChI=1S/C8H11Cl2N3OS/c1-2-15(14)4-3-11-7-6(9)5-12-8(10)13-7/h5H,2-4H2,1H3,(H,11,12,13). The van der Waals surface area contributed by atoms with Crippen LogP contribution < -0.4 is 5.32 Å². The lowest BCUT2D eigenvalue weighted by Gasteiger charge is -2.06. The normalized spacial score (nSPS) is 12.5. The number of rotatable bonds is 5. The van der Waals surface area contributed by atoms with Crippen LogP contribution in [0, 0.1) is 0 Å². The van der Waals surface area contributed by atoms with E-state index in [-0.39, 0.29) is 5.28 Å². The van der Waals surface area contributed by atoms with Crippen LogP contribution >= 0.6 is 23.2 Å². The van der Waals surface area contributed by atoms with E-state index in [1.807, 2.05) is 6.92 Å². The van der Waals surface area contributed by atoms with E-state index in [1.54, 1.807) is 0 Å². The molecule has 0 amide bonds. The summed E-state index contributed by atoms with van der Waals surface area (Å²) >= 11 is 11.4. The number of nitrogens with one attached hydrogen (secondary N) is 1. The van der Waals surface area contributed by atoms with Gasteiger partial charge in [-0.3, -0.25) is 4.21 Å². The first-order chi connectivity index (χ1) is 7.13. The molecular weight excluding hydrogens is 257 g/mol. The number of hydrogen-bond acceptors (Lipinski definition) is 4. The highest BCUT2D eigenvalue weighted by atomic mass is 35.5. The largest absolute Gasteiger partial charge is 0.368 e. The Kier molecular flexibility index (Phi) is 5.28. The van der Waals surface area contributed by atoms with Crippen LogP contribution in [0.3, 0.4) is 0 Å². The van der Waals surface area contributed by atoms with E-state index >= 15 is 0 Å². The van der Waals surface area contributed by atoms with Crippen LogP contribution in [0.2, 0.25) is 10.3 Å². The van der Waals surface area contributed by atoms with Gasteiger partial charge in [0.05, 0.1) is 6.20 Å². The van der Waals surface area contributed by atoms with Gasteiger partial charge < -0.3 is 5.32 Å². The highest BCUT2D eigenvalue weighted by molar-refractivity contribution is 7.84. The van der Waals surface area contributed by atoms with Gasteiger partial charge in [-0.05, 0) is 11.6 Å². The van der Waals surface area contributed by atoms with E-state index in [0.29, 0.717) is 28.9 Å². The zero-order valence-electron chi connectivity index (χ0n) is 8.17. The first-order valence-corrected chi connectivity index (χ1v) is 6.64. The van der Waals surface area contributed by atoms with Crippen LogP contribution in [-0.4, -0.2) is 32.2 Å². The van der Waals surface area contributed by atoms with Gasteiger partial charge in [0.2, 0.25) is 5.28 Å². The predicted molar refractivity (Wildman–Crippen MR) is 64.1 cm³/mol. The van der Waals surface area contributed by atoms with Crippen molar-refractivity contribution in [1.29, 1.82) is 0 Å². The molecule has 84 valence electrons. The first kappa shape index (κ1) is 12.7. The fourth-order valence-electron chi connectivity index (χ4n) is 0.897. The quantitative estimate of drug-likeness (QED) is 0.829. The molecule has 0 aliphatic heterocycles. The van der Waals surface area contributed by atoms with Gasteiger partial charge in [-0.2, -0.15) is 4.98 Å². The summed E-state index contributed by atoms with van der Waals surface area (Å²) in [7, 11) is -0.795. The molecular formula is C8H11Cl2N3OS. The Bertz CT molecular complexity index is 362. The lowest BCUT2D eigenvalue weighted by molar-refractivity contribution is 0.684. The monoisotopic (exact) mass is 267 g/mol. The zero-order valence-corrected chi connectivity index (χ0v) is 10.5. The van der Waals surface area contributed by atoms with Crippen molar-refractivity contribution in [1.82, 2.24) is 9.97 Å². The summed E-state index contributed by atoms with van der Waals surface area (Å²) in [5.41, 5.74) is 0. The summed E-state index contributed by atoms with van der Waals surface area (Å²) in [6, 6.07) is 0. The Labute approximate surface area is 101 Å². The van der Waals surface area contributed by atoms with Crippen LogP contribution in [0.1, 0.15) is 6.92 Å². The highest BCUT2D eigenvalue weighted by Crippen LogP contribution is 2.18. The molecule has 1 aromatic rings. The van der Waals surface area contributed by atoms with Crippen LogP contribution in [0.15, 0.2) is 6.20 Å². The van der Waals surface area contributed by atoms with Gasteiger partial charge in [0.15, 0.2) is 0 Å². The molecule has 0 bridgehead atoms. The summed E-state index contributed by atoms with van der Waals surface area (Å²) in [6.45, 7) is 2.43. The molecule has 1 heterocycles. The Morgan fingerprint density at radius 3 is 2.93 bits per heavy atom. The third kappa shape index (κ3) is 4.32. The SMILES string of the molecule is CCS(=O)CCNc1nc(Cl)ncc1Cl. The zero-order chi connectivity index (χ0) is 11.3. The van der Waals surface area contributed by atoms with E-state index in [9.17, 15) is 4.21 Å². The van der Waals surface area contributed by atoms with Gasteiger partial charge in [0.1, 0.15) is 10.8 Å². The minimum atomic E-state index is -0.795. The minimum Gasteiger partial charge on any atom is -0.368 e. The van der Waals surface area contributed by atoms with E-state index in [2.05, 4.69) is 15.3 Å². The van der Waals surface area contributed by atoms with Crippen molar-refractivity contribution in [2.24, 2.45) is 0 Å². The molecule has 0 aliphatic rings. The van der Waals surface area contributed by atoms with Crippen molar-refractivity contribution < 1.29 is 4.21 Å². The predicted octanol–water partition coefficient (Wildman–Crippen LogP) is 1.96. The van der Waals surface area contributed by atoms with Crippen molar-refractivity contribution >= 4 is 39.8 Å². The second-order valence-corrected chi connectivity index (χ2v) is 5.31. The summed E-state index contributed by atoms with van der Waals surface area (Å²) in [5, 5.41) is 3.50. The number of aromatic nitrogens is 2. The second-order valence-electron chi connectivity index (χ2n) is 2.69. The summed E-state index contributed by atoms with van der Waals surface area (Å²) in [5.74, 6) is 1.69. The molecule has 0 radical (unpaired) electrons. The molecule has 0 aliphatic carbocycles. The minimum absolute atomic E-state index is 0.138. The molecule has 1 N–H and O–H groups in total. The van der Waals surface area contributed by atoms with Crippen LogP contribution in [0.5, 0.6) is 0 Å². The molecule has 0 aromatic carbocycles. The average Bonchev–Trinajstić information content (AvgIpc) is 2.23. The molecule has 1 unspecified atom stereocenters. The van der Waals surface area contributed by atoms with Crippen molar-refractivity contribution in [3.8, 4) is 0 Å². The lowest BCUT2D eigenvalue weighted by Crippen LogP contribution is -2.13. The average molecular weight is 268 g/mol. The number of hydrogen-bond donors (Lipinski definition) is 1. The topological polar surface area (TPSA) is 54.9 Å². The van der Waals surface area contributed by atoms with Crippen LogP contribution in [0.4, 0.5) is 5.82 Å². The summed E-state index contributed by atoms with van der Waals surface area (Å²) in [4.78, 5) is 7.63. The van der Waals surface area contributed by atoms with Gasteiger partial charge in [0.25, 0.3) is 0 Å². The Morgan fingerprint density at radius 2 is 2.27 bits per heavy atom. The Morgan fingerprint density at radius 1 is 1.53 bits per heavy atom. The molecule has 4 nitrogen and oxygen atoms in total. The van der Waals surface area contributed by atoms with Gasteiger partial charge in [0, 0.05) is 28.9 Å².